The third-order valence-electron chi connectivity index (χ3n) is 2.91. The van der Waals surface area contributed by atoms with Gasteiger partial charge in [-0.1, -0.05) is 12.2 Å². The van der Waals surface area contributed by atoms with E-state index in [4.69, 9.17) is 22.7 Å². The van der Waals surface area contributed by atoms with Gasteiger partial charge in [-0.2, -0.15) is 0 Å². The lowest BCUT2D eigenvalue weighted by molar-refractivity contribution is -0.129. The first-order valence-electron chi connectivity index (χ1n) is 5.99. The van der Waals surface area contributed by atoms with Gasteiger partial charge in [0.25, 0.3) is 5.91 Å². The van der Waals surface area contributed by atoms with Gasteiger partial charge in [-0.05, 0) is 43.5 Å². The molecule has 1 heterocycles. The molecule has 96 valence electrons. The summed E-state index contributed by atoms with van der Waals surface area (Å²) in [4.78, 5) is 12.3. The Bertz CT molecular complexity index is 439. The normalized spacial score (nSPS) is 19.2. The third-order valence-corrected chi connectivity index (χ3v) is 3.14. The lowest BCUT2D eigenvalue weighted by Crippen LogP contribution is -2.33. The summed E-state index contributed by atoms with van der Waals surface area (Å²) in [6.07, 6.45) is 2.54. The van der Waals surface area contributed by atoms with Gasteiger partial charge in [0.05, 0.1) is 0 Å². The van der Waals surface area contributed by atoms with Gasteiger partial charge in [0.15, 0.2) is 0 Å². The molecule has 1 aromatic carbocycles. The number of benzene rings is 1. The minimum Gasteiger partial charge on any atom is -0.389 e. The topological polar surface area (TPSA) is 64.3 Å². The molecule has 0 saturated carbocycles. The van der Waals surface area contributed by atoms with Crippen molar-refractivity contribution >= 4 is 28.8 Å². The molecule has 1 unspecified atom stereocenters. The number of ether oxygens (including phenoxy) is 1. The number of thiocarbonyl (C=S) groups is 1. The van der Waals surface area contributed by atoms with E-state index in [1.165, 1.54) is 0 Å². The molecule has 18 heavy (non-hydrogen) atoms. The smallest absolute Gasteiger partial charge is 0.253 e. The second-order valence-corrected chi connectivity index (χ2v) is 4.73. The highest BCUT2D eigenvalue weighted by molar-refractivity contribution is 7.80. The van der Waals surface area contributed by atoms with Crippen LogP contribution in [0, 0.1) is 0 Å². The number of hydrogen-bond acceptors (Lipinski definition) is 3. The zero-order valence-electron chi connectivity index (χ0n) is 10.0. The number of anilines is 1. The maximum Gasteiger partial charge on any atom is 0.253 e. The minimum atomic E-state index is -0.325. The first-order chi connectivity index (χ1) is 8.66. The summed E-state index contributed by atoms with van der Waals surface area (Å²) >= 11 is 4.87. The lowest BCUT2D eigenvalue weighted by Gasteiger charge is -2.21. The SMILES string of the molecule is NC(=S)c1ccc(NC(=O)C2CCCCO2)cc1. The number of amides is 1. The molecule has 1 amide bonds. The molecule has 5 heteroatoms. The van der Waals surface area contributed by atoms with Crippen LogP contribution in [-0.2, 0) is 9.53 Å². The van der Waals surface area contributed by atoms with E-state index in [1.54, 1.807) is 24.3 Å². The molecule has 1 saturated heterocycles. The van der Waals surface area contributed by atoms with Gasteiger partial charge in [-0.25, -0.2) is 0 Å². The van der Waals surface area contributed by atoms with Crippen molar-refractivity contribution in [2.45, 2.75) is 25.4 Å². The van der Waals surface area contributed by atoms with E-state index < -0.39 is 0 Å². The molecule has 1 atom stereocenters. The Kier molecular flexibility index (Phi) is 4.28. The fraction of sp³-hybridized carbons (Fsp3) is 0.385. The molecule has 2 rings (SSSR count). The highest BCUT2D eigenvalue weighted by atomic mass is 32.1. The second kappa shape index (κ2) is 5.93. The average molecular weight is 264 g/mol. The van der Waals surface area contributed by atoms with E-state index >= 15 is 0 Å². The number of hydrogen-bond donors (Lipinski definition) is 2. The molecular formula is C13H16N2O2S. The predicted octanol–water partition coefficient (Wildman–Crippen LogP) is 1.83. The molecule has 1 fully saturated rings. The fourth-order valence-corrected chi connectivity index (χ4v) is 2.02. The summed E-state index contributed by atoms with van der Waals surface area (Å²) in [5.41, 5.74) is 7.03. The van der Waals surface area contributed by atoms with Gasteiger partial charge in [0.1, 0.15) is 11.1 Å². The van der Waals surface area contributed by atoms with Crippen molar-refractivity contribution in [1.29, 1.82) is 0 Å². The summed E-state index contributed by atoms with van der Waals surface area (Å²) in [6.45, 7) is 0.665. The van der Waals surface area contributed by atoms with Crippen LogP contribution in [0.3, 0.4) is 0 Å². The Morgan fingerprint density at radius 2 is 2.06 bits per heavy atom. The highest BCUT2D eigenvalue weighted by Gasteiger charge is 2.21. The van der Waals surface area contributed by atoms with Crippen molar-refractivity contribution in [3.63, 3.8) is 0 Å². The molecular weight excluding hydrogens is 248 g/mol. The number of nitrogens with one attached hydrogen (secondary N) is 1. The zero-order valence-corrected chi connectivity index (χ0v) is 10.8. The van der Waals surface area contributed by atoms with Gasteiger partial charge < -0.3 is 15.8 Å². The van der Waals surface area contributed by atoms with Crippen molar-refractivity contribution in [2.75, 3.05) is 11.9 Å². The summed E-state index contributed by atoms with van der Waals surface area (Å²) in [7, 11) is 0. The lowest BCUT2D eigenvalue weighted by atomic mass is 10.1. The quantitative estimate of drug-likeness (QED) is 0.817. The first-order valence-corrected chi connectivity index (χ1v) is 6.40. The number of nitrogens with two attached hydrogens (primary N) is 1. The fourth-order valence-electron chi connectivity index (χ4n) is 1.89. The third kappa shape index (κ3) is 3.27. The number of rotatable bonds is 3. The molecule has 1 aromatic rings. The van der Waals surface area contributed by atoms with Crippen LogP contribution in [0.1, 0.15) is 24.8 Å². The van der Waals surface area contributed by atoms with Crippen molar-refractivity contribution in [1.82, 2.24) is 0 Å². The first kappa shape index (κ1) is 13.0. The predicted molar refractivity (Wildman–Crippen MR) is 74.6 cm³/mol. The van der Waals surface area contributed by atoms with E-state index in [9.17, 15) is 4.79 Å². The molecule has 0 radical (unpaired) electrons. The monoisotopic (exact) mass is 264 g/mol. The Morgan fingerprint density at radius 3 is 2.61 bits per heavy atom. The highest BCUT2D eigenvalue weighted by Crippen LogP contribution is 2.16. The molecule has 0 bridgehead atoms. The molecule has 0 spiro atoms. The Balaban J connectivity index is 1.96. The summed E-state index contributed by atoms with van der Waals surface area (Å²) in [5.74, 6) is -0.0854. The van der Waals surface area contributed by atoms with E-state index in [1.807, 2.05) is 0 Å². The van der Waals surface area contributed by atoms with Crippen LogP contribution in [0.4, 0.5) is 5.69 Å². The van der Waals surface area contributed by atoms with Gasteiger partial charge in [0, 0.05) is 17.9 Å². The average Bonchev–Trinajstić information content (AvgIpc) is 2.40. The van der Waals surface area contributed by atoms with Gasteiger partial charge in [0.2, 0.25) is 0 Å². The zero-order chi connectivity index (χ0) is 13.0. The maximum atomic E-state index is 11.9. The van der Waals surface area contributed by atoms with Gasteiger partial charge in [-0.3, -0.25) is 4.79 Å². The van der Waals surface area contributed by atoms with E-state index in [0.29, 0.717) is 11.6 Å². The Morgan fingerprint density at radius 1 is 1.33 bits per heavy atom. The second-order valence-electron chi connectivity index (χ2n) is 4.29. The van der Waals surface area contributed by atoms with Crippen LogP contribution in [0.25, 0.3) is 0 Å². The molecule has 1 aliphatic heterocycles. The molecule has 1 aliphatic rings. The number of carbonyl (C=O) groups is 1. The largest absolute Gasteiger partial charge is 0.389 e. The van der Waals surface area contributed by atoms with Crippen molar-refractivity contribution < 1.29 is 9.53 Å². The summed E-state index contributed by atoms with van der Waals surface area (Å²) in [6, 6.07) is 7.16. The van der Waals surface area contributed by atoms with Gasteiger partial charge >= 0.3 is 0 Å². The molecule has 4 nitrogen and oxygen atoms in total. The Labute approximate surface area is 112 Å². The van der Waals surface area contributed by atoms with Crippen molar-refractivity contribution in [2.24, 2.45) is 5.73 Å². The van der Waals surface area contributed by atoms with Crippen molar-refractivity contribution in [3.05, 3.63) is 29.8 Å². The maximum absolute atomic E-state index is 11.9. The Hall–Kier alpha value is -1.46. The van der Waals surface area contributed by atoms with Crippen LogP contribution >= 0.6 is 12.2 Å². The molecule has 3 N–H and O–H groups in total. The van der Waals surface area contributed by atoms with E-state index in [-0.39, 0.29) is 12.0 Å². The van der Waals surface area contributed by atoms with Crippen LogP contribution in [0.5, 0.6) is 0 Å². The van der Waals surface area contributed by atoms with Crippen LogP contribution in [0.15, 0.2) is 24.3 Å². The number of carbonyl (C=O) groups excluding carboxylic acids is 1. The van der Waals surface area contributed by atoms with Crippen LogP contribution < -0.4 is 11.1 Å². The van der Waals surface area contributed by atoms with Crippen LogP contribution in [-0.4, -0.2) is 23.6 Å². The molecule has 0 aliphatic carbocycles. The standard InChI is InChI=1S/C13H16N2O2S/c14-12(18)9-4-6-10(7-5-9)15-13(16)11-3-1-2-8-17-11/h4-7,11H,1-3,8H2,(H2,14,18)(H,15,16). The van der Waals surface area contributed by atoms with Gasteiger partial charge in [-0.15, -0.1) is 0 Å². The van der Waals surface area contributed by atoms with Crippen molar-refractivity contribution in [3.8, 4) is 0 Å². The van der Waals surface area contributed by atoms with E-state index in [2.05, 4.69) is 5.32 Å². The van der Waals surface area contributed by atoms with E-state index in [0.717, 1.165) is 30.5 Å². The minimum absolute atomic E-state index is 0.0854. The van der Waals surface area contributed by atoms with Crippen LogP contribution in [0.2, 0.25) is 0 Å². The summed E-state index contributed by atoms with van der Waals surface area (Å²) < 4.78 is 5.42. The summed E-state index contributed by atoms with van der Waals surface area (Å²) in [5, 5.41) is 2.83. The molecule has 0 aromatic heterocycles.